The molecule has 1 atom stereocenters. The van der Waals surface area contributed by atoms with Gasteiger partial charge in [0, 0.05) is 39.3 Å². The maximum atomic E-state index is 12.9. The second-order valence-corrected chi connectivity index (χ2v) is 7.06. The lowest BCUT2D eigenvalue weighted by molar-refractivity contribution is 0.0385. The molecule has 6 nitrogen and oxygen atoms in total. The van der Waals surface area contributed by atoms with Gasteiger partial charge in [-0.1, -0.05) is 24.3 Å². The molecule has 0 aromatic heterocycles. The van der Waals surface area contributed by atoms with Gasteiger partial charge in [0.15, 0.2) is 0 Å². The number of benzene rings is 1. The van der Waals surface area contributed by atoms with Crippen LogP contribution in [-0.2, 0) is 11.2 Å². The molecule has 1 aromatic rings. The van der Waals surface area contributed by atoms with Crippen molar-refractivity contribution in [3.8, 4) is 0 Å². The molecule has 0 unspecified atom stereocenters. The molecule has 6 heteroatoms. The maximum Gasteiger partial charge on any atom is 0.317 e. The summed E-state index contributed by atoms with van der Waals surface area (Å²) in [5.41, 5.74) is 2.61. The van der Waals surface area contributed by atoms with Crippen molar-refractivity contribution in [2.75, 3.05) is 52.5 Å². The Kier molecular flexibility index (Phi) is 7.29. The number of hydrogen-bond acceptors (Lipinski definition) is 4. The third-order valence-electron chi connectivity index (χ3n) is 5.34. The summed E-state index contributed by atoms with van der Waals surface area (Å²) in [7, 11) is 0. The monoisotopic (exact) mass is 361 g/mol. The van der Waals surface area contributed by atoms with Gasteiger partial charge in [0.1, 0.15) is 0 Å². The number of aliphatic hydroxyl groups is 1. The van der Waals surface area contributed by atoms with Gasteiger partial charge in [0.05, 0.1) is 19.3 Å². The number of morpholine rings is 1. The Morgan fingerprint density at radius 2 is 2.12 bits per heavy atom. The summed E-state index contributed by atoms with van der Waals surface area (Å²) in [5.74, 6) is 0. The molecule has 1 aliphatic heterocycles. The first-order valence-electron chi connectivity index (χ1n) is 9.83. The first-order valence-corrected chi connectivity index (χ1v) is 9.83. The van der Waals surface area contributed by atoms with Gasteiger partial charge in [-0.15, -0.1) is 0 Å². The van der Waals surface area contributed by atoms with E-state index in [9.17, 15) is 9.90 Å². The van der Waals surface area contributed by atoms with Gasteiger partial charge in [-0.25, -0.2) is 4.79 Å². The van der Waals surface area contributed by atoms with E-state index in [4.69, 9.17) is 4.74 Å². The number of carbonyl (C=O) groups excluding carboxylic acids is 1. The zero-order valence-electron chi connectivity index (χ0n) is 15.5. The lowest BCUT2D eigenvalue weighted by Gasteiger charge is -2.36. The summed E-state index contributed by atoms with van der Waals surface area (Å²) in [4.78, 5) is 17.1. The average Bonchev–Trinajstić information content (AvgIpc) is 2.69. The topological polar surface area (TPSA) is 65.0 Å². The predicted octanol–water partition coefficient (Wildman–Crippen LogP) is 1.79. The van der Waals surface area contributed by atoms with E-state index in [1.807, 2.05) is 4.90 Å². The second-order valence-electron chi connectivity index (χ2n) is 7.06. The van der Waals surface area contributed by atoms with Gasteiger partial charge >= 0.3 is 6.03 Å². The fraction of sp³-hybridized carbons (Fsp3) is 0.650. The van der Waals surface area contributed by atoms with E-state index in [0.29, 0.717) is 19.5 Å². The Hall–Kier alpha value is -1.63. The van der Waals surface area contributed by atoms with Crippen molar-refractivity contribution in [3.05, 3.63) is 35.4 Å². The summed E-state index contributed by atoms with van der Waals surface area (Å²) < 4.78 is 5.36. The predicted molar refractivity (Wildman–Crippen MR) is 101 cm³/mol. The molecular formula is C20H31N3O3. The normalized spacial score (nSPS) is 20.4. The zero-order valence-corrected chi connectivity index (χ0v) is 15.5. The molecule has 0 spiro atoms. The van der Waals surface area contributed by atoms with Crippen LogP contribution in [0.1, 0.15) is 36.4 Å². The van der Waals surface area contributed by atoms with Crippen LogP contribution < -0.4 is 5.32 Å². The van der Waals surface area contributed by atoms with Crippen LogP contribution in [0.25, 0.3) is 0 Å². The van der Waals surface area contributed by atoms with E-state index in [1.165, 1.54) is 11.1 Å². The van der Waals surface area contributed by atoms with E-state index < -0.39 is 0 Å². The molecule has 0 saturated carbocycles. The molecule has 1 fully saturated rings. The van der Waals surface area contributed by atoms with Crippen LogP contribution in [0.3, 0.4) is 0 Å². The number of aliphatic hydroxyl groups excluding tert-OH is 1. The van der Waals surface area contributed by atoms with Gasteiger partial charge in [-0.2, -0.15) is 0 Å². The SMILES string of the molecule is O=C(NCCN1CCOCC1)N(CCCO)[C@@H]1CCCc2ccccc21. The lowest BCUT2D eigenvalue weighted by atomic mass is 9.87. The van der Waals surface area contributed by atoms with Gasteiger partial charge in [-0.05, 0) is 36.8 Å². The quantitative estimate of drug-likeness (QED) is 0.777. The van der Waals surface area contributed by atoms with Gasteiger partial charge < -0.3 is 20.1 Å². The summed E-state index contributed by atoms with van der Waals surface area (Å²) >= 11 is 0. The minimum absolute atomic E-state index is 0.0200. The number of nitrogens with one attached hydrogen (secondary N) is 1. The lowest BCUT2D eigenvalue weighted by Crippen LogP contribution is -2.47. The van der Waals surface area contributed by atoms with Gasteiger partial charge in [-0.3, -0.25) is 4.90 Å². The average molecular weight is 361 g/mol. The number of ether oxygens (including phenoxy) is 1. The highest BCUT2D eigenvalue weighted by Gasteiger charge is 2.28. The molecule has 1 saturated heterocycles. The number of urea groups is 1. The second kappa shape index (κ2) is 9.90. The molecule has 144 valence electrons. The Balaban J connectivity index is 1.61. The highest BCUT2D eigenvalue weighted by atomic mass is 16.5. The third kappa shape index (κ3) is 4.96. The highest BCUT2D eigenvalue weighted by molar-refractivity contribution is 5.75. The molecule has 2 aliphatic rings. The van der Waals surface area contributed by atoms with Crippen LogP contribution in [0, 0.1) is 0 Å². The van der Waals surface area contributed by atoms with E-state index in [1.54, 1.807) is 0 Å². The van der Waals surface area contributed by atoms with Crippen LogP contribution in [-0.4, -0.2) is 73.5 Å². The number of carbonyl (C=O) groups is 1. The summed E-state index contributed by atoms with van der Waals surface area (Å²) in [6.45, 7) is 5.59. The van der Waals surface area contributed by atoms with Crippen molar-refractivity contribution < 1.29 is 14.6 Å². The largest absolute Gasteiger partial charge is 0.396 e. The minimum Gasteiger partial charge on any atom is -0.396 e. The Labute approximate surface area is 156 Å². The van der Waals surface area contributed by atoms with Crippen molar-refractivity contribution in [1.29, 1.82) is 0 Å². The Morgan fingerprint density at radius 3 is 2.92 bits per heavy atom. The molecule has 1 heterocycles. The number of hydrogen-bond donors (Lipinski definition) is 2. The maximum absolute atomic E-state index is 12.9. The van der Waals surface area contributed by atoms with Crippen molar-refractivity contribution >= 4 is 6.03 Å². The summed E-state index contributed by atoms with van der Waals surface area (Å²) in [6, 6.07) is 8.52. The van der Waals surface area contributed by atoms with Crippen molar-refractivity contribution in [2.45, 2.75) is 31.7 Å². The molecule has 26 heavy (non-hydrogen) atoms. The van der Waals surface area contributed by atoms with Crippen LogP contribution >= 0.6 is 0 Å². The summed E-state index contributed by atoms with van der Waals surface area (Å²) in [5, 5.41) is 12.3. The van der Waals surface area contributed by atoms with E-state index in [0.717, 1.165) is 52.1 Å². The smallest absolute Gasteiger partial charge is 0.317 e. The first kappa shape index (κ1) is 19.1. The van der Waals surface area contributed by atoms with Gasteiger partial charge in [0.25, 0.3) is 0 Å². The number of nitrogens with zero attached hydrogens (tertiary/aromatic N) is 2. The summed E-state index contributed by atoms with van der Waals surface area (Å²) in [6.07, 6.45) is 3.77. The zero-order chi connectivity index (χ0) is 18.2. The third-order valence-corrected chi connectivity index (χ3v) is 5.34. The highest BCUT2D eigenvalue weighted by Crippen LogP contribution is 2.34. The number of aryl methyl sites for hydroxylation is 1. The van der Waals surface area contributed by atoms with Crippen LogP contribution in [0.5, 0.6) is 0 Å². The van der Waals surface area contributed by atoms with Crippen LogP contribution in [0.15, 0.2) is 24.3 Å². The first-order chi connectivity index (χ1) is 12.8. The molecule has 0 radical (unpaired) electrons. The minimum atomic E-state index is -0.0200. The van der Waals surface area contributed by atoms with Crippen LogP contribution in [0.2, 0.25) is 0 Å². The van der Waals surface area contributed by atoms with Crippen molar-refractivity contribution in [3.63, 3.8) is 0 Å². The Morgan fingerprint density at radius 1 is 1.31 bits per heavy atom. The van der Waals surface area contributed by atoms with E-state index >= 15 is 0 Å². The van der Waals surface area contributed by atoms with E-state index in [2.05, 4.69) is 34.5 Å². The van der Waals surface area contributed by atoms with Crippen molar-refractivity contribution in [2.24, 2.45) is 0 Å². The number of fused-ring (bicyclic) bond motifs is 1. The van der Waals surface area contributed by atoms with Crippen LogP contribution in [0.4, 0.5) is 4.79 Å². The molecule has 3 rings (SSSR count). The molecule has 2 amide bonds. The van der Waals surface area contributed by atoms with Gasteiger partial charge in [0.2, 0.25) is 0 Å². The fourth-order valence-electron chi connectivity index (χ4n) is 3.94. The molecule has 2 N–H and O–H groups in total. The Bertz CT molecular complexity index is 575. The fourth-order valence-corrected chi connectivity index (χ4v) is 3.94. The number of rotatable bonds is 7. The molecule has 1 aromatic carbocycles. The molecule has 0 bridgehead atoms. The van der Waals surface area contributed by atoms with E-state index in [-0.39, 0.29) is 18.7 Å². The molecular weight excluding hydrogens is 330 g/mol. The number of amides is 2. The van der Waals surface area contributed by atoms with Crippen molar-refractivity contribution in [1.82, 2.24) is 15.1 Å². The molecule has 1 aliphatic carbocycles. The standard InChI is InChI=1S/C20H31N3O3/c24-14-4-10-23(19-8-3-6-17-5-1-2-7-18(17)19)20(25)21-9-11-22-12-15-26-16-13-22/h1-2,5,7,19,24H,3-4,6,8-16H2,(H,21,25)/t19-/m1/s1.